The molecule has 0 aromatic heterocycles. The van der Waals surface area contributed by atoms with Crippen LogP contribution < -0.4 is 5.32 Å². The molecule has 0 aromatic rings. The first-order chi connectivity index (χ1) is 9.16. The van der Waals surface area contributed by atoms with E-state index in [0.29, 0.717) is 12.6 Å². The summed E-state index contributed by atoms with van der Waals surface area (Å²) in [5, 5.41) is 3.33. The summed E-state index contributed by atoms with van der Waals surface area (Å²) in [5.41, 5.74) is 0. The van der Waals surface area contributed by atoms with Crippen LogP contribution in [0.25, 0.3) is 0 Å². The fraction of sp³-hybridized carbons (Fsp3) is 0.929. The zero-order chi connectivity index (χ0) is 13.7. The molecule has 0 spiro atoms. The van der Waals surface area contributed by atoms with Crippen molar-refractivity contribution in [3.8, 4) is 0 Å². The number of ether oxygens (including phenoxy) is 2. The van der Waals surface area contributed by atoms with Gasteiger partial charge in [0.1, 0.15) is 6.10 Å². The quantitative estimate of drug-likeness (QED) is 0.820. The van der Waals surface area contributed by atoms with Crippen LogP contribution in [0.15, 0.2) is 0 Å². The van der Waals surface area contributed by atoms with E-state index in [0.717, 1.165) is 39.1 Å². The van der Waals surface area contributed by atoms with Crippen molar-refractivity contribution in [2.75, 3.05) is 32.8 Å². The van der Waals surface area contributed by atoms with Gasteiger partial charge in [-0.05, 0) is 33.1 Å². The maximum Gasteiger partial charge on any atom is 0.251 e. The van der Waals surface area contributed by atoms with Gasteiger partial charge in [-0.2, -0.15) is 0 Å². The molecule has 110 valence electrons. The maximum atomic E-state index is 12.2. The number of nitrogens with one attached hydrogen (secondary N) is 1. The number of nitrogens with zero attached hydrogens (tertiary/aromatic N) is 1. The Morgan fingerprint density at radius 2 is 2.37 bits per heavy atom. The van der Waals surface area contributed by atoms with E-state index < -0.39 is 0 Å². The second-order valence-electron chi connectivity index (χ2n) is 5.60. The summed E-state index contributed by atoms with van der Waals surface area (Å²) in [5.74, 6) is 0.101. The van der Waals surface area contributed by atoms with Gasteiger partial charge in [0.2, 0.25) is 0 Å². The second-order valence-corrected chi connectivity index (χ2v) is 5.60. The van der Waals surface area contributed by atoms with Gasteiger partial charge in [0.15, 0.2) is 0 Å². The number of amides is 1. The van der Waals surface area contributed by atoms with Crippen molar-refractivity contribution in [2.45, 2.75) is 51.4 Å². The molecule has 2 heterocycles. The van der Waals surface area contributed by atoms with Crippen molar-refractivity contribution in [1.29, 1.82) is 0 Å². The minimum absolute atomic E-state index is 0.101. The Morgan fingerprint density at radius 1 is 1.53 bits per heavy atom. The first-order valence-corrected chi connectivity index (χ1v) is 7.42. The molecule has 5 nitrogen and oxygen atoms in total. The first-order valence-electron chi connectivity index (χ1n) is 7.42. The molecule has 3 atom stereocenters. The Balaban J connectivity index is 1.72. The van der Waals surface area contributed by atoms with Gasteiger partial charge < -0.3 is 19.7 Å². The Hall–Kier alpha value is -0.650. The summed E-state index contributed by atoms with van der Waals surface area (Å²) >= 11 is 0. The van der Waals surface area contributed by atoms with E-state index in [1.54, 1.807) is 0 Å². The van der Waals surface area contributed by atoms with Gasteiger partial charge in [-0.25, -0.2) is 0 Å². The lowest BCUT2D eigenvalue weighted by Crippen LogP contribution is -2.53. The fourth-order valence-electron chi connectivity index (χ4n) is 2.65. The van der Waals surface area contributed by atoms with Gasteiger partial charge >= 0.3 is 0 Å². The van der Waals surface area contributed by atoms with Gasteiger partial charge in [0, 0.05) is 32.3 Å². The van der Waals surface area contributed by atoms with Crippen LogP contribution in [0.3, 0.4) is 0 Å². The van der Waals surface area contributed by atoms with Crippen molar-refractivity contribution in [2.24, 2.45) is 0 Å². The third kappa shape index (κ3) is 4.44. The van der Waals surface area contributed by atoms with E-state index in [1.807, 2.05) is 11.8 Å². The summed E-state index contributed by atoms with van der Waals surface area (Å²) in [6.07, 6.45) is 3.20. The summed E-state index contributed by atoms with van der Waals surface area (Å²) in [6.45, 7) is 7.72. The second kappa shape index (κ2) is 7.22. The summed E-state index contributed by atoms with van der Waals surface area (Å²) < 4.78 is 11.3. The summed E-state index contributed by atoms with van der Waals surface area (Å²) in [6, 6.07) is 0.367. The van der Waals surface area contributed by atoms with Crippen molar-refractivity contribution >= 4 is 5.91 Å². The molecule has 3 unspecified atom stereocenters. The molecular formula is C14H26N2O3. The third-order valence-corrected chi connectivity index (χ3v) is 3.83. The molecule has 0 saturated carbocycles. The Bertz CT molecular complexity index is 292. The third-order valence-electron chi connectivity index (χ3n) is 3.83. The topological polar surface area (TPSA) is 50.8 Å². The predicted molar refractivity (Wildman–Crippen MR) is 73.0 cm³/mol. The number of piperazine rings is 1. The van der Waals surface area contributed by atoms with Gasteiger partial charge in [-0.3, -0.25) is 4.79 Å². The van der Waals surface area contributed by atoms with E-state index in [2.05, 4.69) is 12.2 Å². The van der Waals surface area contributed by atoms with Crippen molar-refractivity contribution < 1.29 is 14.3 Å². The van der Waals surface area contributed by atoms with Gasteiger partial charge in [0.25, 0.3) is 5.91 Å². The highest BCUT2D eigenvalue weighted by atomic mass is 16.5. The Labute approximate surface area is 115 Å². The van der Waals surface area contributed by atoms with Crippen molar-refractivity contribution in [3.05, 3.63) is 0 Å². The molecule has 1 N–H and O–H groups in total. The molecule has 0 aromatic carbocycles. The normalized spacial score (nSPS) is 30.1. The molecule has 0 radical (unpaired) electrons. The molecule has 0 bridgehead atoms. The average Bonchev–Trinajstić information content (AvgIpc) is 2.45. The number of hydrogen-bond acceptors (Lipinski definition) is 4. The number of hydrogen-bond donors (Lipinski definition) is 1. The molecule has 19 heavy (non-hydrogen) atoms. The Morgan fingerprint density at radius 3 is 3.05 bits per heavy atom. The molecule has 2 fully saturated rings. The number of carbonyl (C=O) groups is 1. The fourth-order valence-corrected chi connectivity index (χ4v) is 2.65. The smallest absolute Gasteiger partial charge is 0.251 e. The van der Waals surface area contributed by atoms with Gasteiger partial charge in [-0.1, -0.05) is 0 Å². The largest absolute Gasteiger partial charge is 0.376 e. The van der Waals surface area contributed by atoms with Crippen LogP contribution in [0.2, 0.25) is 0 Å². The molecule has 2 rings (SSSR count). The van der Waals surface area contributed by atoms with Crippen LogP contribution in [0.4, 0.5) is 0 Å². The van der Waals surface area contributed by atoms with Gasteiger partial charge in [0.05, 0.1) is 12.7 Å². The lowest BCUT2D eigenvalue weighted by Gasteiger charge is -2.34. The molecule has 0 aliphatic carbocycles. The molecular weight excluding hydrogens is 244 g/mol. The minimum Gasteiger partial charge on any atom is -0.376 e. The highest BCUT2D eigenvalue weighted by Gasteiger charge is 2.26. The molecule has 1 amide bonds. The first kappa shape index (κ1) is 14.8. The zero-order valence-corrected chi connectivity index (χ0v) is 12.1. The summed E-state index contributed by atoms with van der Waals surface area (Å²) in [4.78, 5) is 14.1. The maximum absolute atomic E-state index is 12.2. The highest BCUT2D eigenvalue weighted by Crippen LogP contribution is 2.14. The number of carbonyl (C=O) groups excluding carboxylic acids is 1. The van der Waals surface area contributed by atoms with Crippen molar-refractivity contribution in [3.63, 3.8) is 0 Å². The van der Waals surface area contributed by atoms with Crippen LogP contribution >= 0.6 is 0 Å². The van der Waals surface area contributed by atoms with Crippen LogP contribution in [0, 0.1) is 0 Å². The van der Waals surface area contributed by atoms with E-state index in [-0.39, 0.29) is 18.1 Å². The monoisotopic (exact) mass is 270 g/mol. The average molecular weight is 270 g/mol. The molecule has 2 saturated heterocycles. The predicted octanol–water partition coefficient (Wildman–Crippen LogP) is 0.781. The zero-order valence-electron chi connectivity index (χ0n) is 12.1. The standard InChI is InChI=1S/C14H26N2O3/c1-11-9-16(7-6-15-11)14(17)12(2)19-10-13-5-3-4-8-18-13/h11-13,15H,3-10H2,1-2H3. The summed E-state index contributed by atoms with van der Waals surface area (Å²) in [7, 11) is 0. The van der Waals surface area contributed by atoms with E-state index in [4.69, 9.17) is 9.47 Å². The lowest BCUT2D eigenvalue weighted by molar-refractivity contribution is -0.147. The van der Waals surface area contributed by atoms with Gasteiger partial charge in [-0.15, -0.1) is 0 Å². The molecule has 2 aliphatic rings. The van der Waals surface area contributed by atoms with E-state index >= 15 is 0 Å². The number of rotatable bonds is 4. The lowest BCUT2D eigenvalue weighted by atomic mass is 10.1. The molecule has 5 heteroatoms. The molecule has 2 aliphatic heterocycles. The van der Waals surface area contributed by atoms with Crippen molar-refractivity contribution in [1.82, 2.24) is 10.2 Å². The van der Waals surface area contributed by atoms with Crippen LogP contribution in [0.5, 0.6) is 0 Å². The van der Waals surface area contributed by atoms with E-state index in [9.17, 15) is 4.79 Å². The SMILES string of the molecule is CC1CN(C(=O)C(C)OCC2CCCCO2)CCN1. The Kier molecular flexibility index (Phi) is 5.60. The van der Waals surface area contributed by atoms with Crippen LogP contribution in [0.1, 0.15) is 33.1 Å². The van der Waals surface area contributed by atoms with Crippen LogP contribution in [-0.2, 0) is 14.3 Å². The highest BCUT2D eigenvalue weighted by molar-refractivity contribution is 5.80. The van der Waals surface area contributed by atoms with Crippen LogP contribution in [-0.4, -0.2) is 61.9 Å². The minimum atomic E-state index is -0.365. The van der Waals surface area contributed by atoms with E-state index in [1.165, 1.54) is 6.42 Å².